The maximum Gasteiger partial charge on any atom is 0.287 e. The van der Waals surface area contributed by atoms with Crippen LogP contribution in [-0.4, -0.2) is 27.2 Å². The Hall–Kier alpha value is -3.22. The summed E-state index contributed by atoms with van der Waals surface area (Å²) < 4.78 is 15.5. The highest BCUT2D eigenvalue weighted by molar-refractivity contribution is 6.09. The highest BCUT2D eigenvalue weighted by Gasteiger charge is 2.24. The first-order chi connectivity index (χ1) is 13.6. The fraction of sp³-hybridized carbons (Fsp3) is 0.286. The molecule has 2 amide bonds. The summed E-state index contributed by atoms with van der Waals surface area (Å²) >= 11 is 0. The number of anilines is 1. The van der Waals surface area contributed by atoms with Crippen LogP contribution in [0.4, 0.5) is 10.1 Å². The third-order valence-corrected chi connectivity index (χ3v) is 5.03. The fourth-order valence-corrected chi connectivity index (χ4v) is 3.61. The second-order valence-electron chi connectivity index (χ2n) is 6.98. The molecule has 4 rings (SSSR count). The van der Waals surface area contributed by atoms with Crippen LogP contribution in [0, 0.1) is 5.82 Å². The quantitative estimate of drug-likeness (QED) is 0.723. The van der Waals surface area contributed by atoms with Crippen molar-refractivity contribution in [1.29, 1.82) is 0 Å². The molecule has 6 nitrogen and oxygen atoms in total. The summed E-state index contributed by atoms with van der Waals surface area (Å²) in [6.45, 7) is 0. The molecule has 0 unspecified atom stereocenters. The monoisotopic (exact) mass is 380 g/mol. The topological polar surface area (TPSA) is 75.5 Å². The Balaban J connectivity index is 1.63. The first-order valence-electron chi connectivity index (χ1n) is 9.47. The van der Waals surface area contributed by atoms with E-state index in [0.717, 1.165) is 25.7 Å². The molecule has 1 saturated carbocycles. The summed E-state index contributed by atoms with van der Waals surface area (Å²) in [5, 5.41) is 5.56. The molecule has 2 heterocycles. The SMILES string of the molecule is O=C(Nc1ccccc1F)c1nc(C(=O)NC2CCCCC2)n2ccccc12. The maximum atomic E-state index is 13.9. The smallest absolute Gasteiger partial charge is 0.287 e. The molecule has 0 radical (unpaired) electrons. The fourth-order valence-electron chi connectivity index (χ4n) is 3.61. The van der Waals surface area contributed by atoms with Crippen LogP contribution >= 0.6 is 0 Å². The first-order valence-corrected chi connectivity index (χ1v) is 9.47. The van der Waals surface area contributed by atoms with Gasteiger partial charge >= 0.3 is 0 Å². The van der Waals surface area contributed by atoms with E-state index in [-0.39, 0.29) is 29.2 Å². The Morgan fingerprint density at radius 1 is 1.00 bits per heavy atom. The number of nitrogens with one attached hydrogen (secondary N) is 2. The number of para-hydroxylation sites is 1. The highest BCUT2D eigenvalue weighted by atomic mass is 19.1. The van der Waals surface area contributed by atoms with Crippen LogP contribution in [0.1, 0.15) is 53.2 Å². The van der Waals surface area contributed by atoms with Crippen LogP contribution in [-0.2, 0) is 0 Å². The van der Waals surface area contributed by atoms with E-state index >= 15 is 0 Å². The molecule has 0 saturated heterocycles. The van der Waals surface area contributed by atoms with Gasteiger partial charge in [0.25, 0.3) is 11.8 Å². The molecular weight excluding hydrogens is 359 g/mol. The molecule has 0 aliphatic heterocycles. The van der Waals surface area contributed by atoms with Gasteiger partial charge in [-0.15, -0.1) is 0 Å². The lowest BCUT2D eigenvalue weighted by Crippen LogP contribution is -2.37. The van der Waals surface area contributed by atoms with Crippen molar-refractivity contribution in [3.05, 3.63) is 66.0 Å². The van der Waals surface area contributed by atoms with Crippen molar-refractivity contribution in [2.75, 3.05) is 5.32 Å². The second kappa shape index (κ2) is 7.80. The molecule has 3 aromatic rings. The Kier molecular flexibility index (Phi) is 5.06. The van der Waals surface area contributed by atoms with Crippen molar-refractivity contribution in [3.8, 4) is 0 Å². The molecule has 1 fully saturated rings. The minimum atomic E-state index is -0.564. The molecule has 1 aromatic carbocycles. The summed E-state index contributed by atoms with van der Waals surface area (Å²) in [5.74, 6) is -1.25. The van der Waals surface area contributed by atoms with E-state index in [1.54, 1.807) is 40.9 Å². The van der Waals surface area contributed by atoms with Crippen molar-refractivity contribution in [1.82, 2.24) is 14.7 Å². The molecule has 2 N–H and O–H groups in total. The Morgan fingerprint density at radius 2 is 1.75 bits per heavy atom. The first kappa shape index (κ1) is 18.2. The highest BCUT2D eigenvalue weighted by Crippen LogP contribution is 2.20. The lowest BCUT2D eigenvalue weighted by molar-refractivity contribution is 0.0916. The number of aromatic nitrogens is 2. The van der Waals surface area contributed by atoms with E-state index < -0.39 is 11.7 Å². The maximum absolute atomic E-state index is 13.9. The van der Waals surface area contributed by atoms with Crippen molar-refractivity contribution >= 4 is 23.0 Å². The Morgan fingerprint density at radius 3 is 2.54 bits per heavy atom. The van der Waals surface area contributed by atoms with Crippen LogP contribution in [0.5, 0.6) is 0 Å². The van der Waals surface area contributed by atoms with Gasteiger partial charge in [0.15, 0.2) is 5.69 Å². The zero-order valence-electron chi connectivity index (χ0n) is 15.3. The molecule has 1 aliphatic rings. The predicted molar refractivity (Wildman–Crippen MR) is 104 cm³/mol. The largest absolute Gasteiger partial charge is 0.347 e. The number of hydrogen-bond donors (Lipinski definition) is 2. The van der Waals surface area contributed by atoms with Crippen molar-refractivity contribution in [2.45, 2.75) is 38.1 Å². The van der Waals surface area contributed by atoms with Crippen molar-refractivity contribution in [3.63, 3.8) is 0 Å². The Bertz CT molecular complexity index is 1020. The number of amides is 2. The van der Waals surface area contributed by atoms with Crippen molar-refractivity contribution in [2.24, 2.45) is 0 Å². The van der Waals surface area contributed by atoms with Gasteiger partial charge in [0, 0.05) is 12.2 Å². The van der Waals surface area contributed by atoms with Gasteiger partial charge in [-0.1, -0.05) is 37.5 Å². The molecule has 0 bridgehead atoms. The molecule has 28 heavy (non-hydrogen) atoms. The van der Waals surface area contributed by atoms with Crippen LogP contribution in [0.25, 0.3) is 5.52 Å². The molecule has 2 aromatic heterocycles. The number of pyridine rings is 1. The van der Waals surface area contributed by atoms with Gasteiger partial charge in [0.2, 0.25) is 5.82 Å². The zero-order chi connectivity index (χ0) is 19.5. The summed E-state index contributed by atoms with van der Waals surface area (Å²) in [7, 11) is 0. The summed E-state index contributed by atoms with van der Waals surface area (Å²) in [5.41, 5.74) is 0.639. The van der Waals surface area contributed by atoms with Crippen LogP contribution in [0.3, 0.4) is 0 Å². The molecule has 0 spiro atoms. The Labute approximate surface area is 161 Å². The van der Waals surface area contributed by atoms with E-state index in [9.17, 15) is 14.0 Å². The molecule has 7 heteroatoms. The standard InChI is InChI=1S/C21H21FN4O2/c22-15-10-4-5-11-16(15)24-20(27)18-17-12-6-7-13-26(17)19(25-18)21(28)23-14-8-2-1-3-9-14/h4-7,10-14H,1-3,8-9H2,(H,23,28)(H,24,27). The number of rotatable bonds is 4. The lowest BCUT2D eigenvalue weighted by atomic mass is 9.95. The summed E-state index contributed by atoms with van der Waals surface area (Å²) in [4.78, 5) is 29.8. The normalized spacial score (nSPS) is 14.8. The van der Waals surface area contributed by atoms with Gasteiger partial charge in [0.05, 0.1) is 11.2 Å². The van der Waals surface area contributed by atoms with Gasteiger partial charge in [-0.2, -0.15) is 0 Å². The zero-order valence-corrected chi connectivity index (χ0v) is 15.3. The number of carbonyl (C=O) groups excluding carboxylic acids is 2. The number of halogens is 1. The average Bonchev–Trinajstić information content (AvgIpc) is 3.10. The number of carbonyl (C=O) groups is 2. The number of imidazole rings is 1. The lowest BCUT2D eigenvalue weighted by Gasteiger charge is -2.22. The minimum Gasteiger partial charge on any atom is -0.347 e. The molecule has 0 atom stereocenters. The van der Waals surface area contributed by atoms with Crippen LogP contribution in [0.2, 0.25) is 0 Å². The molecular formula is C21H21FN4O2. The van der Waals surface area contributed by atoms with Gasteiger partial charge in [-0.05, 0) is 37.1 Å². The van der Waals surface area contributed by atoms with Crippen LogP contribution < -0.4 is 10.6 Å². The van der Waals surface area contributed by atoms with Gasteiger partial charge in [-0.25, -0.2) is 9.37 Å². The average molecular weight is 380 g/mol. The number of hydrogen-bond acceptors (Lipinski definition) is 3. The number of nitrogens with zero attached hydrogens (tertiary/aromatic N) is 2. The van der Waals surface area contributed by atoms with Crippen molar-refractivity contribution < 1.29 is 14.0 Å². The third kappa shape index (κ3) is 3.60. The summed E-state index contributed by atoms with van der Waals surface area (Å²) in [6, 6.07) is 11.3. The van der Waals surface area contributed by atoms with Gasteiger partial charge in [0.1, 0.15) is 5.82 Å². The third-order valence-electron chi connectivity index (χ3n) is 5.03. The predicted octanol–water partition coefficient (Wildman–Crippen LogP) is 3.79. The van der Waals surface area contributed by atoms with Gasteiger partial charge < -0.3 is 10.6 Å². The second-order valence-corrected chi connectivity index (χ2v) is 6.98. The molecule has 1 aliphatic carbocycles. The molecule has 144 valence electrons. The summed E-state index contributed by atoms with van der Waals surface area (Å²) in [6.07, 6.45) is 7.00. The number of fused-ring (bicyclic) bond motifs is 1. The van der Waals surface area contributed by atoms with E-state index in [2.05, 4.69) is 15.6 Å². The van der Waals surface area contributed by atoms with Crippen LogP contribution in [0.15, 0.2) is 48.7 Å². The van der Waals surface area contributed by atoms with E-state index in [4.69, 9.17) is 0 Å². The van der Waals surface area contributed by atoms with Gasteiger partial charge in [-0.3, -0.25) is 14.0 Å². The number of benzene rings is 1. The van der Waals surface area contributed by atoms with E-state index in [1.807, 2.05) is 0 Å². The minimum absolute atomic E-state index is 0.0674. The van der Waals surface area contributed by atoms with E-state index in [0.29, 0.717) is 5.52 Å². The van der Waals surface area contributed by atoms with E-state index in [1.165, 1.54) is 18.6 Å².